The summed E-state index contributed by atoms with van der Waals surface area (Å²) in [5.74, 6) is 0.914. The van der Waals surface area contributed by atoms with Gasteiger partial charge in [0, 0.05) is 18.6 Å². The van der Waals surface area contributed by atoms with Crippen LogP contribution >= 0.6 is 0 Å². The number of piperidine rings is 3. The fraction of sp³-hybridized carbons (Fsp3) is 0.667. The number of benzene rings is 1. The van der Waals surface area contributed by atoms with Gasteiger partial charge in [0.1, 0.15) is 0 Å². The molecule has 20 heavy (non-hydrogen) atoms. The summed E-state index contributed by atoms with van der Waals surface area (Å²) in [5.41, 5.74) is 4.68. The van der Waals surface area contributed by atoms with E-state index in [9.17, 15) is 0 Å². The van der Waals surface area contributed by atoms with Crippen molar-refractivity contribution >= 4 is 0 Å². The number of aryl methyl sites for hydroxylation is 2. The van der Waals surface area contributed by atoms with Crippen molar-refractivity contribution in [3.05, 3.63) is 34.9 Å². The molecule has 2 atom stereocenters. The van der Waals surface area contributed by atoms with Gasteiger partial charge in [-0.25, -0.2) is 0 Å². The highest BCUT2D eigenvalue weighted by Crippen LogP contribution is 2.30. The maximum Gasteiger partial charge on any atom is 0.0295 e. The summed E-state index contributed by atoms with van der Waals surface area (Å²) in [7, 11) is 0. The zero-order valence-electron chi connectivity index (χ0n) is 12.6. The van der Waals surface area contributed by atoms with Gasteiger partial charge in [0.05, 0.1) is 0 Å². The summed E-state index contributed by atoms with van der Waals surface area (Å²) in [6.45, 7) is 6.26. The van der Waals surface area contributed by atoms with Gasteiger partial charge >= 0.3 is 0 Å². The average molecular weight is 270 g/mol. The Balaban J connectivity index is 1.46. The van der Waals surface area contributed by atoms with Crippen LogP contribution in [-0.2, 0) is 12.8 Å². The second kappa shape index (κ2) is 5.16. The van der Waals surface area contributed by atoms with Crippen LogP contribution in [0, 0.1) is 5.92 Å². The largest absolute Gasteiger partial charge is 0.306 e. The minimum Gasteiger partial charge on any atom is -0.306 e. The molecule has 2 unspecified atom stereocenters. The Morgan fingerprint density at radius 3 is 2.70 bits per heavy atom. The third-order valence-electron chi connectivity index (χ3n) is 5.74. The first-order valence-corrected chi connectivity index (χ1v) is 8.40. The molecule has 1 aromatic carbocycles. The first kappa shape index (κ1) is 12.8. The van der Waals surface area contributed by atoms with E-state index in [1.165, 1.54) is 57.3 Å². The highest BCUT2D eigenvalue weighted by molar-refractivity contribution is 5.36. The van der Waals surface area contributed by atoms with Gasteiger partial charge in [-0.2, -0.15) is 0 Å². The highest BCUT2D eigenvalue weighted by Gasteiger charge is 2.34. The highest BCUT2D eigenvalue weighted by atomic mass is 15.2. The van der Waals surface area contributed by atoms with Gasteiger partial charge < -0.3 is 10.2 Å². The molecule has 5 rings (SSSR count). The Kier molecular flexibility index (Phi) is 3.31. The van der Waals surface area contributed by atoms with E-state index in [4.69, 9.17) is 0 Å². The summed E-state index contributed by atoms with van der Waals surface area (Å²) in [6.07, 6.45) is 6.72. The van der Waals surface area contributed by atoms with E-state index in [1.807, 2.05) is 0 Å². The molecule has 0 saturated carbocycles. The van der Waals surface area contributed by atoms with Crippen LogP contribution in [0.25, 0.3) is 0 Å². The summed E-state index contributed by atoms with van der Waals surface area (Å²) in [6, 6.07) is 8.38. The van der Waals surface area contributed by atoms with Crippen LogP contribution in [0.2, 0.25) is 0 Å². The summed E-state index contributed by atoms with van der Waals surface area (Å²) < 4.78 is 0. The van der Waals surface area contributed by atoms with Gasteiger partial charge in [-0.15, -0.1) is 0 Å². The van der Waals surface area contributed by atoms with Crippen LogP contribution < -0.4 is 5.32 Å². The van der Waals surface area contributed by atoms with E-state index >= 15 is 0 Å². The second-order valence-corrected chi connectivity index (χ2v) is 7.01. The molecule has 0 radical (unpaired) electrons. The predicted molar refractivity (Wildman–Crippen MR) is 83.0 cm³/mol. The molecule has 4 aliphatic rings. The Labute approximate surface area is 122 Å². The number of nitrogens with one attached hydrogen (secondary N) is 1. The lowest BCUT2D eigenvalue weighted by Gasteiger charge is -2.46. The molecule has 2 bridgehead atoms. The lowest BCUT2D eigenvalue weighted by molar-refractivity contribution is 0.0680. The minimum absolute atomic E-state index is 0.492. The van der Waals surface area contributed by atoms with Crippen molar-refractivity contribution in [3.63, 3.8) is 0 Å². The standard InChI is InChI=1S/C18H26N2/c1-13(16-6-5-14-3-2-4-17(14)11-16)19-18-12-20-9-7-15(18)8-10-20/h5-6,11,13,15,18-19H,2-4,7-10,12H2,1H3. The molecule has 1 aromatic rings. The normalized spacial score (nSPS) is 33.1. The van der Waals surface area contributed by atoms with Gasteiger partial charge in [0.15, 0.2) is 0 Å². The number of rotatable bonds is 3. The first-order valence-electron chi connectivity index (χ1n) is 8.40. The third kappa shape index (κ3) is 2.29. The molecule has 3 heterocycles. The van der Waals surface area contributed by atoms with E-state index in [1.54, 1.807) is 11.1 Å². The third-order valence-corrected chi connectivity index (χ3v) is 5.74. The van der Waals surface area contributed by atoms with Gasteiger partial charge in [0.2, 0.25) is 0 Å². The zero-order valence-corrected chi connectivity index (χ0v) is 12.6. The van der Waals surface area contributed by atoms with Crippen LogP contribution in [0.15, 0.2) is 18.2 Å². The molecule has 3 aliphatic heterocycles. The maximum absolute atomic E-state index is 3.92. The summed E-state index contributed by atoms with van der Waals surface area (Å²) in [4.78, 5) is 2.63. The first-order chi connectivity index (χ1) is 9.79. The van der Waals surface area contributed by atoms with Gasteiger partial charge in [0.25, 0.3) is 0 Å². The fourth-order valence-corrected chi connectivity index (χ4v) is 4.43. The molecule has 3 fully saturated rings. The molecule has 1 N–H and O–H groups in total. The van der Waals surface area contributed by atoms with Crippen molar-refractivity contribution in [2.45, 2.75) is 51.1 Å². The summed E-state index contributed by atoms with van der Waals surface area (Å²) in [5, 5.41) is 3.92. The monoisotopic (exact) mass is 270 g/mol. The second-order valence-electron chi connectivity index (χ2n) is 7.01. The van der Waals surface area contributed by atoms with Crippen molar-refractivity contribution in [1.29, 1.82) is 0 Å². The predicted octanol–water partition coefficient (Wildman–Crippen LogP) is 2.92. The topological polar surface area (TPSA) is 15.3 Å². The minimum atomic E-state index is 0.492. The van der Waals surface area contributed by atoms with Crippen LogP contribution in [0.3, 0.4) is 0 Å². The number of hydrogen-bond donors (Lipinski definition) is 1. The van der Waals surface area contributed by atoms with Crippen molar-refractivity contribution in [1.82, 2.24) is 10.2 Å². The molecular formula is C18H26N2. The summed E-state index contributed by atoms with van der Waals surface area (Å²) >= 11 is 0. The van der Waals surface area contributed by atoms with Crippen LogP contribution in [0.4, 0.5) is 0 Å². The molecule has 108 valence electrons. The van der Waals surface area contributed by atoms with E-state index < -0.39 is 0 Å². The van der Waals surface area contributed by atoms with Crippen molar-refractivity contribution in [2.24, 2.45) is 5.92 Å². The average Bonchev–Trinajstić information content (AvgIpc) is 2.96. The SMILES string of the molecule is CC(NC1CN2CCC1CC2)c1ccc2c(c1)CCC2. The van der Waals surface area contributed by atoms with Crippen molar-refractivity contribution in [3.8, 4) is 0 Å². The lowest BCUT2D eigenvalue weighted by Crippen LogP contribution is -2.56. The van der Waals surface area contributed by atoms with Gasteiger partial charge in [-0.1, -0.05) is 18.2 Å². The quantitative estimate of drug-likeness (QED) is 0.908. The van der Waals surface area contributed by atoms with Crippen LogP contribution in [-0.4, -0.2) is 30.6 Å². The Morgan fingerprint density at radius 2 is 1.95 bits per heavy atom. The van der Waals surface area contributed by atoms with E-state index in [2.05, 4.69) is 35.3 Å². The Morgan fingerprint density at radius 1 is 1.15 bits per heavy atom. The van der Waals surface area contributed by atoms with E-state index in [0.717, 1.165) is 5.92 Å². The Bertz CT molecular complexity index is 488. The lowest BCUT2D eigenvalue weighted by atomic mass is 9.83. The molecule has 2 nitrogen and oxygen atoms in total. The molecule has 0 aromatic heterocycles. The molecule has 1 aliphatic carbocycles. The maximum atomic E-state index is 3.92. The van der Waals surface area contributed by atoms with Crippen molar-refractivity contribution < 1.29 is 0 Å². The molecule has 0 spiro atoms. The molecule has 2 heteroatoms. The smallest absolute Gasteiger partial charge is 0.0295 e. The fourth-order valence-electron chi connectivity index (χ4n) is 4.43. The number of hydrogen-bond acceptors (Lipinski definition) is 2. The number of nitrogens with zero attached hydrogens (tertiary/aromatic N) is 1. The van der Waals surface area contributed by atoms with Gasteiger partial charge in [-0.05, 0) is 74.7 Å². The van der Waals surface area contributed by atoms with E-state index in [-0.39, 0.29) is 0 Å². The Hall–Kier alpha value is -0.860. The molecule has 0 amide bonds. The van der Waals surface area contributed by atoms with Crippen molar-refractivity contribution in [2.75, 3.05) is 19.6 Å². The van der Waals surface area contributed by atoms with Gasteiger partial charge in [-0.3, -0.25) is 0 Å². The molecular weight excluding hydrogens is 244 g/mol. The zero-order chi connectivity index (χ0) is 13.5. The van der Waals surface area contributed by atoms with Crippen LogP contribution in [0.5, 0.6) is 0 Å². The molecule has 3 saturated heterocycles. The van der Waals surface area contributed by atoms with E-state index in [0.29, 0.717) is 12.1 Å². The van der Waals surface area contributed by atoms with Crippen LogP contribution in [0.1, 0.15) is 48.9 Å². The number of fused-ring (bicyclic) bond motifs is 4.